The molecule has 0 radical (unpaired) electrons. The lowest BCUT2D eigenvalue weighted by atomic mass is 10.0. The van der Waals surface area contributed by atoms with Gasteiger partial charge in [-0.3, -0.25) is 0 Å². The zero-order valence-corrected chi connectivity index (χ0v) is 11.2. The second kappa shape index (κ2) is 4.97. The second-order valence-corrected chi connectivity index (χ2v) is 6.00. The smallest absolute Gasteiger partial charge is 0.0715 e. The highest BCUT2D eigenvalue weighted by atomic mass is 35.5. The Bertz CT molecular complexity index is 365. The van der Waals surface area contributed by atoms with Crippen molar-refractivity contribution >= 4 is 11.6 Å². The first-order valence-electron chi connectivity index (χ1n) is 6.17. The van der Waals surface area contributed by atoms with Crippen LogP contribution in [0.5, 0.6) is 0 Å². The molecular weight excluding hydrogens is 234 g/mol. The summed E-state index contributed by atoms with van der Waals surface area (Å²) in [6.45, 7) is 4.26. The molecule has 1 atom stereocenters. The summed E-state index contributed by atoms with van der Waals surface area (Å²) in [5, 5.41) is 14.0. The predicted octanol–water partition coefficient (Wildman–Crippen LogP) is 3.15. The molecule has 1 aromatic rings. The molecule has 94 valence electrons. The lowest BCUT2D eigenvalue weighted by molar-refractivity contribution is 0.0754. The summed E-state index contributed by atoms with van der Waals surface area (Å²) in [7, 11) is 0. The summed E-state index contributed by atoms with van der Waals surface area (Å²) in [4.78, 5) is 0. The summed E-state index contributed by atoms with van der Waals surface area (Å²) in [6, 6.07) is 8.35. The maximum absolute atomic E-state index is 9.78. The molecule has 0 aromatic heterocycles. The zero-order valence-electron chi connectivity index (χ0n) is 10.4. The van der Waals surface area contributed by atoms with Gasteiger partial charge in [-0.2, -0.15) is 0 Å². The van der Waals surface area contributed by atoms with Crippen molar-refractivity contribution in [2.45, 2.75) is 38.3 Å². The molecule has 17 heavy (non-hydrogen) atoms. The Labute approximate surface area is 108 Å². The van der Waals surface area contributed by atoms with Gasteiger partial charge in [0, 0.05) is 17.6 Å². The molecule has 1 aliphatic carbocycles. The Balaban J connectivity index is 2.04. The molecule has 1 aromatic carbocycles. The lowest BCUT2D eigenvalue weighted by Gasteiger charge is -2.24. The molecule has 3 heteroatoms. The van der Waals surface area contributed by atoms with Gasteiger partial charge < -0.3 is 10.4 Å². The fourth-order valence-electron chi connectivity index (χ4n) is 2.02. The van der Waals surface area contributed by atoms with Crippen LogP contribution in [-0.2, 0) is 0 Å². The van der Waals surface area contributed by atoms with Gasteiger partial charge in [-0.1, -0.05) is 23.7 Å². The molecule has 0 heterocycles. The monoisotopic (exact) mass is 253 g/mol. The normalized spacial score (nSPS) is 18.1. The summed E-state index contributed by atoms with van der Waals surface area (Å²) >= 11 is 5.90. The number of nitrogens with one attached hydrogen (secondary N) is 1. The van der Waals surface area contributed by atoms with Gasteiger partial charge in [0.2, 0.25) is 0 Å². The molecule has 1 aliphatic rings. The maximum Gasteiger partial charge on any atom is 0.0715 e. The van der Waals surface area contributed by atoms with Crippen molar-refractivity contribution in [2.75, 3.05) is 6.54 Å². The predicted molar refractivity (Wildman–Crippen MR) is 71.2 cm³/mol. The molecule has 2 nitrogen and oxygen atoms in total. The van der Waals surface area contributed by atoms with Gasteiger partial charge >= 0.3 is 0 Å². The van der Waals surface area contributed by atoms with E-state index >= 15 is 0 Å². The van der Waals surface area contributed by atoms with Gasteiger partial charge in [-0.25, -0.2) is 0 Å². The third-order valence-electron chi connectivity index (χ3n) is 3.08. The fraction of sp³-hybridized carbons (Fsp3) is 0.571. The maximum atomic E-state index is 9.78. The van der Waals surface area contributed by atoms with E-state index in [2.05, 4.69) is 17.4 Å². The van der Waals surface area contributed by atoms with E-state index in [9.17, 15) is 5.11 Å². The van der Waals surface area contributed by atoms with Gasteiger partial charge in [-0.05, 0) is 50.3 Å². The number of halogens is 1. The summed E-state index contributed by atoms with van der Waals surface area (Å²) in [6.07, 6.45) is 2.54. The third-order valence-corrected chi connectivity index (χ3v) is 3.33. The van der Waals surface area contributed by atoms with Gasteiger partial charge in [0.1, 0.15) is 0 Å². The third kappa shape index (κ3) is 3.98. The minimum absolute atomic E-state index is 0.346. The Morgan fingerprint density at radius 3 is 2.41 bits per heavy atom. The van der Waals surface area contributed by atoms with Crippen LogP contribution in [0, 0.1) is 5.92 Å². The highest BCUT2D eigenvalue weighted by Gasteiger charge is 2.32. The van der Waals surface area contributed by atoms with Crippen LogP contribution in [0.1, 0.15) is 38.3 Å². The van der Waals surface area contributed by atoms with E-state index in [1.807, 2.05) is 26.0 Å². The topological polar surface area (TPSA) is 32.3 Å². The first kappa shape index (κ1) is 12.9. The van der Waals surface area contributed by atoms with Crippen molar-refractivity contribution in [3.63, 3.8) is 0 Å². The van der Waals surface area contributed by atoms with Crippen molar-refractivity contribution in [2.24, 2.45) is 5.92 Å². The molecule has 1 saturated carbocycles. The second-order valence-electron chi connectivity index (χ2n) is 5.56. The largest absolute Gasteiger partial charge is 0.389 e. The number of rotatable bonds is 5. The average molecular weight is 254 g/mol. The first-order valence-corrected chi connectivity index (χ1v) is 6.55. The minimum Gasteiger partial charge on any atom is -0.389 e. The summed E-state index contributed by atoms with van der Waals surface area (Å²) < 4.78 is 0. The van der Waals surface area contributed by atoms with Crippen LogP contribution in [0.3, 0.4) is 0 Å². The van der Waals surface area contributed by atoms with Crippen molar-refractivity contribution in [1.82, 2.24) is 5.32 Å². The van der Waals surface area contributed by atoms with Gasteiger partial charge in [-0.15, -0.1) is 0 Å². The van der Waals surface area contributed by atoms with Crippen molar-refractivity contribution in [3.8, 4) is 0 Å². The number of hydrogen-bond donors (Lipinski definition) is 2. The van der Waals surface area contributed by atoms with Crippen LogP contribution >= 0.6 is 11.6 Å². The van der Waals surface area contributed by atoms with Crippen molar-refractivity contribution in [1.29, 1.82) is 0 Å². The Morgan fingerprint density at radius 2 is 1.94 bits per heavy atom. The standard InChI is InChI=1S/C14H20ClNO/c1-14(2,17)9-16-13(10-3-4-10)11-5-7-12(15)8-6-11/h5-8,10,13,16-17H,3-4,9H2,1-2H3. The summed E-state index contributed by atoms with van der Waals surface area (Å²) in [5.41, 5.74) is 0.598. The molecule has 0 amide bonds. The quantitative estimate of drug-likeness (QED) is 0.845. The van der Waals surface area contributed by atoms with E-state index in [-0.39, 0.29) is 0 Å². The molecule has 0 saturated heterocycles. The van der Waals surface area contributed by atoms with Crippen LogP contribution < -0.4 is 5.32 Å². The molecule has 2 N–H and O–H groups in total. The van der Waals surface area contributed by atoms with E-state index in [1.54, 1.807) is 0 Å². The van der Waals surface area contributed by atoms with Gasteiger partial charge in [0.25, 0.3) is 0 Å². The van der Waals surface area contributed by atoms with E-state index in [1.165, 1.54) is 18.4 Å². The van der Waals surface area contributed by atoms with E-state index in [4.69, 9.17) is 11.6 Å². The Hall–Kier alpha value is -0.570. The average Bonchev–Trinajstić information content (AvgIpc) is 3.03. The van der Waals surface area contributed by atoms with Crippen molar-refractivity contribution < 1.29 is 5.11 Å². The molecule has 1 fully saturated rings. The van der Waals surface area contributed by atoms with Crippen LogP contribution in [0.4, 0.5) is 0 Å². The molecule has 0 aliphatic heterocycles. The molecule has 1 unspecified atom stereocenters. The van der Waals surface area contributed by atoms with Crippen molar-refractivity contribution in [3.05, 3.63) is 34.9 Å². The van der Waals surface area contributed by atoms with Crippen LogP contribution in [0.2, 0.25) is 5.02 Å². The Morgan fingerprint density at radius 1 is 1.35 bits per heavy atom. The molecular formula is C14H20ClNO. The van der Waals surface area contributed by atoms with Gasteiger partial charge in [0.15, 0.2) is 0 Å². The SMILES string of the molecule is CC(C)(O)CNC(c1ccc(Cl)cc1)C1CC1. The van der Waals surface area contributed by atoms with E-state index < -0.39 is 5.60 Å². The first-order chi connectivity index (χ1) is 7.96. The Kier molecular flexibility index (Phi) is 3.76. The highest BCUT2D eigenvalue weighted by Crippen LogP contribution is 2.41. The number of aliphatic hydroxyl groups is 1. The lowest BCUT2D eigenvalue weighted by Crippen LogP contribution is -2.37. The minimum atomic E-state index is -0.667. The molecule has 0 bridgehead atoms. The van der Waals surface area contributed by atoms with Crippen LogP contribution in [-0.4, -0.2) is 17.3 Å². The summed E-state index contributed by atoms with van der Waals surface area (Å²) in [5.74, 6) is 0.707. The van der Waals surface area contributed by atoms with Crippen LogP contribution in [0.25, 0.3) is 0 Å². The van der Waals surface area contributed by atoms with E-state index in [0.717, 1.165) is 5.02 Å². The van der Waals surface area contributed by atoms with Crippen LogP contribution in [0.15, 0.2) is 24.3 Å². The molecule has 2 rings (SSSR count). The zero-order chi connectivity index (χ0) is 12.5. The fourth-order valence-corrected chi connectivity index (χ4v) is 2.14. The number of benzene rings is 1. The highest BCUT2D eigenvalue weighted by molar-refractivity contribution is 6.30. The van der Waals surface area contributed by atoms with E-state index in [0.29, 0.717) is 18.5 Å². The number of hydrogen-bond acceptors (Lipinski definition) is 2. The van der Waals surface area contributed by atoms with Gasteiger partial charge in [0.05, 0.1) is 5.60 Å². The molecule has 0 spiro atoms.